The van der Waals surface area contributed by atoms with Gasteiger partial charge in [-0.25, -0.2) is 0 Å². The summed E-state index contributed by atoms with van der Waals surface area (Å²) in [6, 6.07) is 0. The van der Waals surface area contributed by atoms with Crippen LogP contribution in [0.25, 0.3) is 0 Å². The summed E-state index contributed by atoms with van der Waals surface area (Å²) in [5.74, 6) is 0.390. The third-order valence-electron chi connectivity index (χ3n) is 4.96. The van der Waals surface area contributed by atoms with Crippen LogP contribution in [0.2, 0.25) is 0 Å². The van der Waals surface area contributed by atoms with Gasteiger partial charge in [-0.2, -0.15) is 11.8 Å². The van der Waals surface area contributed by atoms with E-state index in [4.69, 9.17) is 0 Å². The van der Waals surface area contributed by atoms with Crippen LogP contribution in [0.4, 0.5) is 0 Å². The Kier molecular flexibility index (Phi) is 3.14. The summed E-state index contributed by atoms with van der Waals surface area (Å²) in [7, 11) is 0. The van der Waals surface area contributed by atoms with E-state index in [-0.39, 0.29) is 5.54 Å². The largest absolute Gasteiger partial charge is 0.324 e. The molecule has 1 atom stereocenters. The SMILES string of the molecule is CCCC1NC2(CC2)C(=O)N1CC1(SC)CCC1. The first kappa shape index (κ1) is 12.8. The van der Waals surface area contributed by atoms with Crippen molar-refractivity contribution < 1.29 is 4.79 Å². The van der Waals surface area contributed by atoms with Gasteiger partial charge in [0, 0.05) is 11.3 Å². The molecule has 1 saturated heterocycles. The Bertz CT molecular complexity index is 344. The van der Waals surface area contributed by atoms with Gasteiger partial charge in [0.25, 0.3) is 0 Å². The molecular formula is C14H24N2OS. The summed E-state index contributed by atoms with van der Waals surface area (Å²) in [6.07, 6.45) is 10.7. The van der Waals surface area contributed by atoms with E-state index < -0.39 is 0 Å². The van der Waals surface area contributed by atoms with Crippen molar-refractivity contribution >= 4 is 17.7 Å². The molecular weight excluding hydrogens is 244 g/mol. The van der Waals surface area contributed by atoms with Crippen molar-refractivity contribution in [3.63, 3.8) is 0 Å². The molecule has 3 nitrogen and oxygen atoms in total. The fourth-order valence-corrected chi connectivity index (χ4v) is 4.32. The van der Waals surface area contributed by atoms with Crippen LogP contribution >= 0.6 is 11.8 Å². The minimum atomic E-state index is -0.136. The van der Waals surface area contributed by atoms with Crippen molar-refractivity contribution in [1.82, 2.24) is 10.2 Å². The Labute approximate surface area is 114 Å². The van der Waals surface area contributed by atoms with Gasteiger partial charge < -0.3 is 4.90 Å². The Morgan fingerprint density at radius 2 is 2.11 bits per heavy atom. The second kappa shape index (κ2) is 4.41. The van der Waals surface area contributed by atoms with E-state index in [0.717, 1.165) is 32.2 Å². The number of nitrogens with zero attached hydrogens (tertiary/aromatic N) is 1. The summed E-state index contributed by atoms with van der Waals surface area (Å²) in [5, 5.41) is 3.60. The maximum atomic E-state index is 12.6. The Morgan fingerprint density at radius 1 is 1.39 bits per heavy atom. The van der Waals surface area contributed by atoms with Crippen LogP contribution in [-0.2, 0) is 4.79 Å². The molecule has 1 amide bonds. The quantitative estimate of drug-likeness (QED) is 0.831. The highest BCUT2D eigenvalue weighted by Crippen LogP contribution is 2.47. The number of carbonyl (C=O) groups is 1. The lowest BCUT2D eigenvalue weighted by molar-refractivity contribution is -0.131. The first-order chi connectivity index (χ1) is 8.65. The summed E-state index contributed by atoms with van der Waals surface area (Å²) in [4.78, 5) is 14.7. The molecule has 3 rings (SSSR count). The van der Waals surface area contributed by atoms with Gasteiger partial charge in [0.2, 0.25) is 5.91 Å². The second-order valence-corrected chi connectivity index (χ2v) is 7.48. The molecule has 0 aromatic rings. The summed E-state index contributed by atoms with van der Waals surface area (Å²) in [6.45, 7) is 3.17. The van der Waals surface area contributed by atoms with Gasteiger partial charge in [-0.15, -0.1) is 0 Å². The summed E-state index contributed by atoms with van der Waals surface area (Å²) in [5.41, 5.74) is -0.136. The maximum Gasteiger partial charge on any atom is 0.244 e. The van der Waals surface area contributed by atoms with E-state index in [1.165, 1.54) is 19.3 Å². The third-order valence-corrected chi connectivity index (χ3v) is 6.36. The van der Waals surface area contributed by atoms with Crippen LogP contribution in [0.1, 0.15) is 51.9 Å². The highest BCUT2D eigenvalue weighted by atomic mass is 32.2. The predicted molar refractivity (Wildman–Crippen MR) is 75.6 cm³/mol. The van der Waals surface area contributed by atoms with E-state index in [1.807, 2.05) is 11.8 Å². The van der Waals surface area contributed by atoms with Crippen LogP contribution in [-0.4, -0.2) is 40.1 Å². The Balaban J connectivity index is 1.73. The molecule has 4 heteroatoms. The molecule has 0 radical (unpaired) electrons. The summed E-state index contributed by atoms with van der Waals surface area (Å²) >= 11 is 1.97. The van der Waals surface area contributed by atoms with E-state index in [1.54, 1.807) is 0 Å². The topological polar surface area (TPSA) is 32.3 Å². The maximum absolute atomic E-state index is 12.6. The minimum absolute atomic E-state index is 0.136. The number of hydrogen-bond acceptors (Lipinski definition) is 3. The van der Waals surface area contributed by atoms with Crippen LogP contribution in [0, 0.1) is 0 Å². The number of nitrogens with one attached hydrogen (secondary N) is 1. The van der Waals surface area contributed by atoms with E-state index in [0.29, 0.717) is 16.8 Å². The molecule has 1 N–H and O–H groups in total. The standard InChI is InChI=1S/C14H24N2OS/c1-3-5-11-15-14(8-9-14)12(17)16(11)10-13(18-2)6-4-7-13/h11,15H,3-10H2,1-2H3. The van der Waals surface area contributed by atoms with Gasteiger partial charge in [-0.05, 0) is 38.4 Å². The highest BCUT2D eigenvalue weighted by Gasteiger charge is 2.59. The lowest BCUT2D eigenvalue weighted by Crippen LogP contribution is -2.49. The fraction of sp³-hybridized carbons (Fsp3) is 0.929. The lowest BCUT2D eigenvalue weighted by atomic mass is 9.83. The Morgan fingerprint density at radius 3 is 2.56 bits per heavy atom. The average molecular weight is 268 g/mol. The number of hydrogen-bond donors (Lipinski definition) is 1. The van der Waals surface area contributed by atoms with Gasteiger partial charge in [0.1, 0.15) is 0 Å². The molecule has 3 aliphatic rings. The molecule has 1 unspecified atom stereocenters. The van der Waals surface area contributed by atoms with Crippen molar-refractivity contribution in [2.75, 3.05) is 12.8 Å². The van der Waals surface area contributed by atoms with E-state index in [9.17, 15) is 4.79 Å². The second-order valence-electron chi connectivity index (χ2n) is 6.20. The molecule has 0 bridgehead atoms. The van der Waals surface area contributed by atoms with Crippen molar-refractivity contribution in [1.29, 1.82) is 0 Å². The molecule has 18 heavy (non-hydrogen) atoms. The van der Waals surface area contributed by atoms with Crippen LogP contribution in [0.3, 0.4) is 0 Å². The fourth-order valence-electron chi connectivity index (χ4n) is 3.35. The monoisotopic (exact) mass is 268 g/mol. The number of carbonyl (C=O) groups excluding carboxylic acids is 1. The van der Waals surface area contributed by atoms with Crippen molar-refractivity contribution in [3.8, 4) is 0 Å². The molecule has 2 saturated carbocycles. The van der Waals surface area contributed by atoms with Gasteiger partial charge >= 0.3 is 0 Å². The smallest absolute Gasteiger partial charge is 0.244 e. The van der Waals surface area contributed by atoms with Gasteiger partial charge in [-0.3, -0.25) is 10.1 Å². The number of amides is 1. The van der Waals surface area contributed by atoms with Gasteiger partial charge in [0.05, 0.1) is 11.7 Å². The first-order valence-electron chi connectivity index (χ1n) is 7.29. The minimum Gasteiger partial charge on any atom is -0.324 e. The third kappa shape index (κ3) is 1.88. The van der Waals surface area contributed by atoms with E-state index >= 15 is 0 Å². The summed E-state index contributed by atoms with van der Waals surface area (Å²) < 4.78 is 0.365. The van der Waals surface area contributed by atoms with Gasteiger partial charge in [0.15, 0.2) is 0 Å². The normalized spacial score (nSPS) is 31.8. The van der Waals surface area contributed by atoms with Crippen molar-refractivity contribution in [3.05, 3.63) is 0 Å². The zero-order valence-electron chi connectivity index (χ0n) is 11.5. The van der Waals surface area contributed by atoms with Gasteiger partial charge in [-0.1, -0.05) is 19.8 Å². The molecule has 1 heterocycles. The molecule has 0 aromatic carbocycles. The highest BCUT2D eigenvalue weighted by molar-refractivity contribution is 8.00. The Hall–Kier alpha value is -0.220. The number of thioether (sulfide) groups is 1. The lowest BCUT2D eigenvalue weighted by Gasteiger charge is -2.44. The zero-order valence-corrected chi connectivity index (χ0v) is 12.3. The van der Waals surface area contributed by atoms with Crippen LogP contribution in [0.15, 0.2) is 0 Å². The van der Waals surface area contributed by atoms with Crippen LogP contribution < -0.4 is 5.32 Å². The van der Waals surface area contributed by atoms with Crippen molar-refractivity contribution in [2.45, 2.75) is 68.3 Å². The molecule has 0 aromatic heterocycles. The average Bonchev–Trinajstić information content (AvgIpc) is 3.04. The molecule has 3 fully saturated rings. The van der Waals surface area contributed by atoms with Crippen molar-refractivity contribution in [2.24, 2.45) is 0 Å². The molecule has 1 aliphatic heterocycles. The predicted octanol–water partition coefficient (Wildman–Crippen LogP) is 2.36. The molecule has 2 aliphatic carbocycles. The zero-order chi connectivity index (χ0) is 12.8. The molecule has 1 spiro atoms. The van der Waals surface area contributed by atoms with E-state index in [2.05, 4.69) is 23.4 Å². The first-order valence-corrected chi connectivity index (χ1v) is 8.51. The van der Waals surface area contributed by atoms with Crippen LogP contribution in [0.5, 0.6) is 0 Å². The number of rotatable bonds is 5. The molecule has 102 valence electrons.